The summed E-state index contributed by atoms with van der Waals surface area (Å²) in [5, 5.41) is 2.95. The van der Waals surface area contributed by atoms with Crippen LogP contribution in [0.25, 0.3) is 0 Å². The number of benzene rings is 2. The number of carbonyl (C=O) groups excluding carboxylic acids is 1. The van der Waals surface area contributed by atoms with E-state index in [0.29, 0.717) is 13.0 Å². The molecule has 0 unspecified atom stereocenters. The van der Waals surface area contributed by atoms with Crippen LogP contribution in [-0.4, -0.2) is 13.0 Å². The quantitative estimate of drug-likeness (QED) is 0.915. The number of rotatable bonds is 5. The lowest BCUT2D eigenvalue weighted by atomic mass is 10.0. The molecule has 110 valence electrons. The highest BCUT2D eigenvalue weighted by Crippen LogP contribution is 2.12. The number of hydrogen-bond acceptors (Lipinski definition) is 2. The van der Waals surface area contributed by atoms with Crippen molar-refractivity contribution in [1.82, 2.24) is 5.32 Å². The summed E-state index contributed by atoms with van der Waals surface area (Å²) in [7, 11) is 1.64. The molecule has 0 radical (unpaired) electrons. The van der Waals surface area contributed by atoms with Crippen molar-refractivity contribution in [2.75, 3.05) is 7.11 Å². The molecule has 3 heteroatoms. The zero-order valence-electron chi connectivity index (χ0n) is 12.8. The van der Waals surface area contributed by atoms with Crippen molar-refractivity contribution in [3.05, 3.63) is 64.7 Å². The molecular weight excluding hydrogens is 262 g/mol. The van der Waals surface area contributed by atoms with E-state index < -0.39 is 0 Å². The first-order valence-corrected chi connectivity index (χ1v) is 7.04. The molecule has 1 N–H and O–H groups in total. The van der Waals surface area contributed by atoms with Crippen LogP contribution < -0.4 is 10.1 Å². The van der Waals surface area contributed by atoms with Crippen LogP contribution in [0.4, 0.5) is 0 Å². The van der Waals surface area contributed by atoms with Gasteiger partial charge in [0, 0.05) is 6.54 Å². The number of methoxy groups -OCH3 is 1. The molecule has 0 aromatic heterocycles. The summed E-state index contributed by atoms with van der Waals surface area (Å²) in [6.45, 7) is 4.61. The molecule has 2 aromatic carbocycles. The van der Waals surface area contributed by atoms with Crippen molar-refractivity contribution in [3.63, 3.8) is 0 Å². The van der Waals surface area contributed by atoms with Crippen molar-refractivity contribution < 1.29 is 9.53 Å². The van der Waals surface area contributed by atoms with Gasteiger partial charge < -0.3 is 10.1 Å². The summed E-state index contributed by atoms with van der Waals surface area (Å²) >= 11 is 0. The van der Waals surface area contributed by atoms with Crippen LogP contribution in [0.3, 0.4) is 0 Å². The van der Waals surface area contributed by atoms with Crippen LogP contribution in [-0.2, 0) is 17.8 Å². The smallest absolute Gasteiger partial charge is 0.224 e. The molecule has 0 spiro atoms. The van der Waals surface area contributed by atoms with E-state index in [9.17, 15) is 4.79 Å². The minimum Gasteiger partial charge on any atom is -0.497 e. The third-order valence-corrected chi connectivity index (χ3v) is 3.50. The molecule has 2 rings (SSSR count). The molecule has 2 aromatic rings. The maximum Gasteiger partial charge on any atom is 0.224 e. The molecular formula is C18H21NO2. The highest BCUT2D eigenvalue weighted by molar-refractivity contribution is 5.79. The van der Waals surface area contributed by atoms with Crippen LogP contribution in [0.2, 0.25) is 0 Å². The van der Waals surface area contributed by atoms with E-state index in [1.807, 2.05) is 38.1 Å². The molecule has 0 bridgehead atoms. The summed E-state index contributed by atoms with van der Waals surface area (Å²) in [4.78, 5) is 12.0. The van der Waals surface area contributed by atoms with Gasteiger partial charge in [-0.2, -0.15) is 0 Å². The van der Waals surface area contributed by atoms with Gasteiger partial charge in [-0.05, 0) is 42.7 Å². The Morgan fingerprint density at radius 1 is 1.10 bits per heavy atom. The van der Waals surface area contributed by atoms with E-state index in [2.05, 4.69) is 23.5 Å². The monoisotopic (exact) mass is 283 g/mol. The standard InChI is InChI=1S/C18H21NO2/c1-13-4-5-14(2)16(10-13)11-18(20)19-12-15-6-8-17(21-3)9-7-15/h4-10H,11-12H2,1-3H3,(H,19,20). The van der Waals surface area contributed by atoms with Crippen LogP contribution in [0, 0.1) is 13.8 Å². The Morgan fingerprint density at radius 3 is 2.48 bits per heavy atom. The van der Waals surface area contributed by atoms with Gasteiger partial charge in [0.2, 0.25) is 5.91 Å². The summed E-state index contributed by atoms with van der Waals surface area (Å²) in [6.07, 6.45) is 0.420. The lowest BCUT2D eigenvalue weighted by Gasteiger charge is -2.09. The summed E-state index contributed by atoms with van der Waals surface area (Å²) in [5.74, 6) is 0.861. The third-order valence-electron chi connectivity index (χ3n) is 3.50. The Hall–Kier alpha value is -2.29. The molecule has 0 atom stereocenters. The van der Waals surface area contributed by atoms with E-state index in [1.54, 1.807) is 7.11 Å². The number of carbonyl (C=O) groups is 1. The maximum absolute atomic E-state index is 12.0. The molecule has 0 aliphatic heterocycles. The first-order chi connectivity index (χ1) is 10.1. The summed E-state index contributed by atoms with van der Waals surface area (Å²) in [5.41, 5.74) is 4.48. The zero-order chi connectivity index (χ0) is 15.2. The number of ether oxygens (including phenoxy) is 1. The van der Waals surface area contributed by atoms with E-state index in [1.165, 1.54) is 5.56 Å². The van der Waals surface area contributed by atoms with E-state index >= 15 is 0 Å². The number of hydrogen-bond donors (Lipinski definition) is 1. The van der Waals surface area contributed by atoms with E-state index in [-0.39, 0.29) is 5.91 Å². The Labute approximate surface area is 126 Å². The molecule has 21 heavy (non-hydrogen) atoms. The van der Waals surface area contributed by atoms with E-state index in [0.717, 1.165) is 22.4 Å². The Kier molecular flexibility index (Phi) is 4.99. The molecule has 3 nitrogen and oxygen atoms in total. The highest BCUT2D eigenvalue weighted by Gasteiger charge is 2.06. The Bertz CT molecular complexity index is 618. The zero-order valence-corrected chi connectivity index (χ0v) is 12.8. The summed E-state index contributed by atoms with van der Waals surface area (Å²) < 4.78 is 5.11. The second kappa shape index (κ2) is 6.93. The van der Waals surface area contributed by atoms with Crippen LogP contribution in [0.1, 0.15) is 22.3 Å². The maximum atomic E-state index is 12.0. The minimum atomic E-state index is 0.0412. The fraction of sp³-hybridized carbons (Fsp3) is 0.278. The molecule has 0 aliphatic rings. The van der Waals surface area contributed by atoms with Crippen LogP contribution in [0.15, 0.2) is 42.5 Å². The van der Waals surface area contributed by atoms with Gasteiger partial charge >= 0.3 is 0 Å². The molecule has 0 aliphatic carbocycles. The molecule has 0 saturated heterocycles. The number of nitrogens with one attached hydrogen (secondary N) is 1. The van der Waals surface area contributed by atoms with Crippen molar-refractivity contribution in [3.8, 4) is 5.75 Å². The van der Waals surface area contributed by atoms with Crippen molar-refractivity contribution >= 4 is 5.91 Å². The minimum absolute atomic E-state index is 0.0412. The normalized spacial score (nSPS) is 10.2. The van der Waals surface area contributed by atoms with Gasteiger partial charge in [-0.3, -0.25) is 4.79 Å². The first-order valence-electron chi connectivity index (χ1n) is 7.04. The van der Waals surface area contributed by atoms with Crippen LogP contribution >= 0.6 is 0 Å². The average Bonchev–Trinajstić information content (AvgIpc) is 2.49. The van der Waals surface area contributed by atoms with Crippen molar-refractivity contribution in [2.24, 2.45) is 0 Å². The Morgan fingerprint density at radius 2 is 1.81 bits per heavy atom. The van der Waals surface area contributed by atoms with Crippen LogP contribution in [0.5, 0.6) is 5.75 Å². The van der Waals surface area contributed by atoms with Gasteiger partial charge in [0.15, 0.2) is 0 Å². The second-order valence-electron chi connectivity index (χ2n) is 5.23. The van der Waals surface area contributed by atoms with Gasteiger partial charge in [0.05, 0.1) is 13.5 Å². The predicted molar refractivity (Wildman–Crippen MR) is 84.5 cm³/mol. The van der Waals surface area contributed by atoms with Gasteiger partial charge in [-0.1, -0.05) is 35.9 Å². The second-order valence-corrected chi connectivity index (χ2v) is 5.23. The SMILES string of the molecule is COc1ccc(CNC(=O)Cc2cc(C)ccc2C)cc1. The van der Waals surface area contributed by atoms with Crippen molar-refractivity contribution in [2.45, 2.75) is 26.8 Å². The largest absolute Gasteiger partial charge is 0.497 e. The molecule has 0 saturated carbocycles. The average molecular weight is 283 g/mol. The molecule has 0 fully saturated rings. The lowest BCUT2D eigenvalue weighted by molar-refractivity contribution is -0.120. The van der Waals surface area contributed by atoms with E-state index in [4.69, 9.17) is 4.74 Å². The highest BCUT2D eigenvalue weighted by atomic mass is 16.5. The molecule has 0 heterocycles. The fourth-order valence-electron chi connectivity index (χ4n) is 2.17. The number of aryl methyl sites for hydroxylation is 2. The third kappa shape index (κ3) is 4.35. The molecule has 1 amide bonds. The van der Waals surface area contributed by atoms with Gasteiger partial charge in [-0.15, -0.1) is 0 Å². The predicted octanol–water partition coefficient (Wildman–Crippen LogP) is 3.17. The Balaban J connectivity index is 1.91. The van der Waals surface area contributed by atoms with Crippen molar-refractivity contribution in [1.29, 1.82) is 0 Å². The lowest BCUT2D eigenvalue weighted by Crippen LogP contribution is -2.24. The topological polar surface area (TPSA) is 38.3 Å². The number of amides is 1. The first kappa shape index (κ1) is 15.1. The fourth-order valence-corrected chi connectivity index (χ4v) is 2.17. The van der Waals surface area contributed by atoms with Gasteiger partial charge in [-0.25, -0.2) is 0 Å². The van der Waals surface area contributed by atoms with Gasteiger partial charge in [0.1, 0.15) is 5.75 Å². The summed E-state index contributed by atoms with van der Waals surface area (Å²) in [6, 6.07) is 13.9. The van der Waals surface area contributed by atoms with Gasteiger partial charge in [0.25, 0.3) is 0 Å².